The van der Waals surface area contributed by atoms with E-state index in [2.05, 4.69) is 5.32 Å². The standard InChI is InChI=1S/C18H19N3O4/c1-12-11-25-16-9-13(17(22)20-24)7-8-14(16)10-21(12)18(23)19-15-5-3-2-4-6-15/h2-9,12,24H,10-11H2,1H3,(H,19,23)(H,20,22)/t12-/m0/s1. The van der Waals surface area contributed by atoms with Crippen LogP contribution in [0.4, 0.5) is 10.5 Å². The van der Waals surface area contributed by atoms with Gasteiger partial charge in [-0.1, -0.05) is 24.3 Å². The summed E-state index contributed by atoms with van der Waals surface area (Å²) in [5, 5.41) is 11.6. The van der Waals surface area contributed by atoms with Gasteiger partial charge >= 0.3 is 6.03 Å². The van der Waals surface area contributed by atoms with Gasteiger partial charge in [0.25, 0.3) is 5.91 Å². The van der Waals surface area contributed by atoms with E-state index >= 15 is 0 Å². The Morgan fingerprint density at radius 3 is 2.68 bits per heavy atom. The molecule has 0 radical (unpaired) electrons. The Balaban J connectivity index is 1.80. The number of carbonyl (C=O) groups is 2. The number of anilines is 1. The predicted molar refractivity (Wildman–Crippen MR) is 91.7 cm³/mol. The highest BCUT2D eigenvalue weighted by Crippen LogP contribution is 2.27. The molecule has 1 aliphatic rings. The minimum atomic E-state index is -0.609. The molecular formula is C18H19N3O4. The van der Waals surface area contributed by atoms with Crippen LogP contribution >= 0.6 is 0 Å². The third-order valence-electron chi connectivity index (χ3n) is 4.07. The maximum Gasteiger partial charge on any atom is 0.322 e. The van der Waals surface area contributed by atoms with Gasteiger partial charge in [-0.2, -0.15) is 0 Å². The summed E-state index contributed by atoms with van der Waals surface area (Å²) in [6.45, 7) is 2.56. The topological polar surface area (TPSA) is 90.9 Å². The van der Waals surface area contributed by atoms with Crippen LogP contribution in [0.25, 0.3) is 0 Å². The van der Waals surface area contributed by atoms with Crippen molar-refractivity contribution in [2.75, 3.05) is 11.9 Å². The fourth-order valence-electron chi connectivity index (χ4n) is 2.65. The molecule has 0 spiro atoms. The molecule has 0 saturated heterocycles. The quantitative estimate of drug-likeness (QED) is 0.578. The van der Waals surface area contributed by atoms with Crippen molar-refractivity contribution in [2.24, 2.45) is 0 Å². The Labute approximate surface area is 145 Å². The van der Waals surface area contributed by atoms with E-state index in [1.54, 1.807) is 28.6 Å². The number of para-hydroxylation sites is 1. The van der Waals surface area contributed by atoms with Crippen LogP contribution in [0.2, 0.25) is 0 Å². The second-order valence-electron chi connectivity index (χ2n) is 5.85. The fourth-order valence-corrected chi connectivity index (χ4v) is 2.65. The van der Waals surface area contributed by atoms with E-state index in [4.69, 9.17) is 9.94 Å². The Morgan fingerprint density at radius 2 is 1.96 bits per heavy atom. The van der Waals surface area contributed by atoms with Crippen molar-refractivity contribution in [2.45, 2.75) is 19.5 Å². The van der Waals surface area contributed by atoms with E-state index < -0.39 is 5.91 Å². The third kappa shape index (κ3) is 3.72. The largest absolute Gasteiger partial charge is 0.491 e. The number of urea groups is 1. The number of amides is 3. The summed E-state index contributed by atoms with van der Waals surface area (Å²) in [6.07, 6.45) is 0. The van der Waals surface area contributed by atoms with Crippen LogP contribution in [-0.4, -0.2) is 34.7 Å². The van der Waals surface area contributed by atoms with Gasteiger partial charge in [-0.3, -0.25) is 10.0 Å². The van der Waals surface area contributed by atoms with Crippen molar-refractivity contribution in [1.82, 2.24) is 10.4 Å². The first kappa shape index (κ1) is 16.8. The summed E-state index contributed by atoms with van der Waals surface area (Å²) in [6, 6.07) is 13.7. The van der Waals surface area contributed by atoms with Crippen LogP contribution in [0, 0.1) is 0 Å². The third-order valence-corrected chi connectivity index (χ3v) is 4.07. The summed E-state index contributed by atoms with van der Waals surface area (Å²) in [5.41, 5.74) is 3.40. The molecule has 3 N–H and O–H groups in total. The van der Waals surface area contributed by atoms with Crippen LogP contribution in [0.15, 0.2) is 48.5 Å². The van der Waals surface area contributed by atoms with Crippen molar-refractivity contribution in [3.05, 3.63) is 59.7 Å². The Morgan fingerprint density at radius 1 is 1.20 bits per heavy atom. The fraction of sp³-hybridized carbons (Fsp3) is 0.222. The normalized spacial score (nSPS) is 16.2. The van der Waals surface area contributed by atoms with E-state index in [-0.39, 0.29) is 17.6 Å². The molecule has 0 saturated carbocycles. The smallest absolute Gasteiger partial charge is 0.322 e. The number of hydrogen-bond acceptors (Lipinski definition) is 4. The van der Waals surface area contributed by atoms with Crippen molar-refractivity contribution < 1.29 is 19.5 Å². The SMILES string of the molecule is C[C@H]1COc2cc(C(=O)NO)ccc2CN1C(=O)Nc1ccccc1. The van der Waals surface area contributed by atoms with E-state index in [9.17, 15) is 9.59 Å². The van der Waals surface area contributed by atoms with Crippen molar-refractivity contribution in [3.8, 4) is 5.75 Å². The molecule has 7 nitrogen and oxygen atoms in total. The zero-order valence-electron chi connectivity index (χ0n) is 13.7. The van der Waals surface area contributed by atoms with E-state index in [1.165, 1.54) is 0 Å². The number of fused-ring (bicyclic) bond motifs is 1. The lowest BCUT2D eigenvalue weighted by Crippen LogP contribution is -2.42. The van der Waals surface area contributed by atoms with E-state index in [0.717, 1.165) is 11.3 Å². The predicted octanol–water partition coefficient (Wildman–Crippen LogP) is 2.62. The van der Waals surface area contributed by atoms with Gasteiger partial charge in [-0.05, 0) is 31.2 Å². The molecule has 25 heavy (non-hydrogen) atoms. The number of nitrogens with zero attached hydrogens (tertiary/aromatic N) is 1. The molecule has 0 unspecified atom stereocenters. The lowest BCUT2D eigenvalue weighted by Gasteiger charge is -2.26. The van der Waals surface area contributed by atoms with Gasteiger partial charge in [-0.25, -0.2) is 10.3 Å². The summed E-state index contributed by atoms with van der Waals surface area (Å²) in [7, 11) is 0. The maximum atomic E-state index is 12.6. The molecule has 0 fully saturated rings. The molecule has 1 heterocycles. The molecule has 3 amide bonds. The molecule has 2 aromatic carbocycles. The highest BCUT2D eigenvalue weighted by atomic mass is 16.5. The van der Waals surface area contributed by atoms with Crippen LogP contribution in [0.5, 0.6) is 5.75 Å². The number of hydroxylamine groups is 1. The summed E-state index contributed by atoms with van der Waals surface area (Å²) >= 11 is 0. The molecule has 1 atom stereocenters. The van der Waals surface area contributed by atoms with E-state index in [1.807, 2.05) is 37.3 Å². The number of nitrogens with one attached hydrogen (secondary N) is 2. The number of rotatable bonds is 2. The molecule has 7 heteroatoms. The lowest BCUT2D eigenvalue weighted by molar-refractivity contribution is 0.0706. The second-order valence-corrected chi connectivity index (χ2v) is 5.85. The Kier molecular flexibility index (Phi) is 4.85. The monoisotopic (exact) mass is 341 g/mol. The van der Waals surface area contributed by atoms with Gasteiger partial charge in [0.05, 0.1) is 12.6 Å². The van der Waals surface area contributed by atoms with Crippen molar-refractivity contribution >= 4 is 17.6 Å². The molecule has 1 aliphatic heterocycles. The Bertz CT molecular complexity index is 779. The van der Waals surface area contributed by atoms with Crippen LogP contribution < -0.4 is 15.5 Å². The van der Waals surface area contributed by atoms with Crippen molar-refractivity contribution in [1.29, 1.82) is 0 Å². The molecule has 0 aliphatic carbocycles. The summed E-state index contributed by atoms with van der Waals surface area (Å²) in [5.74, 6) is -0.0784. The van der Waals surface area contributed by atoms with Gasteiger partial charge in [0, 0.05) is 16.8 Å². The van der Waals surface area contributed by atoms with Gasteiger partial charge in [0.2, 0.25) is 0 Å². The molecule has 130 valence electrons. The first-order valence-electron chi connectivity index (χ1n) is 7.91. The zero-order chi connectivity index (χ0) is 17.8. The van der Waals surface area contributed by atoms with Crippen molar-refractivity contribution in [3.63, 3.8) is 0 Å². The molecule has 3 rings (SSSR count). The van der Waals surface area contributed by atoms with E-state index in [0.29, 0.717) is 18.9 Å². The van der Waals surface area contributed by atoms with Crippen LogP contribution in [-0.2, 0) is 6.54 Å². The number of benzene rings is 2. The van der Waals surface area contributed by atoms with Crippen LogP contribution in [0.3, 0.4) is 0 Å². The summed E-state index contributed by atoms with van der Waals surface area (Å²) in [4.78, 5) is 25.8. The van der Waals surface area contributed by atoms with Gasteiger partial charge < -0.3 is 15.0 Å². The minimum Gasteiger partial charge on any atom is -0.491 e. The minimum absolute atomic E-state index is 0.147. The average Bonchev–Trinajstić information content (AvgIpc) is 2.80. The lowest BCUT2D eigenvalue weighted by atomic mass is 10.1. The Hall–Kier alpha value is -3.06. The molecule has 0 aromatic heterocycles. The molecular weight excluding hydrogens is 322 g/mol. The second kappa shape index (κ2) is 7.23. The van der Waals surface area contributed by atoms with Gasteiger partial charge in [0.1, 0.15) is 12.4 Å². The maximum absolute atomic E-state index is 12.6. The molecule has 0 bridgehead atoms. The highest BCUT2D eigenvalue weighted by molar-refractivity contribution is 5.94. The average molecular weight is 341 g/mol. The summed E-state index contributed by atoms with van der Waals surface area (Å²) < 4.78 is 5.74. The molecule has 2 aromatic rings. The van der Waals surface area contributed by atoms with Gasteiger partial charge in [-0.15, -0.1) is 0 Å². The highest BCUT2D eigenvalue weighted by Gasteiger charge is 2.26. The zero-order valence-corrected chi connectivity index (χ0v) is 13.7. The van der Waals surface area contributed by atoms with Crippen LogP contribution in [0.1, 0.15) is 22.8 Å². The first-order valence-corrected chi connectivity index (χ1v) is 7.91. The number of hydrogen-bond donors (Lipinski definition) is 3. The number of carbonyl (C=O) groups excluding carboxylic acids is 2. The first-order chi connectivity index (χ1) is 12.1. The number of ether oxygens (including phenoxy) is 1. The van der Waals surface area contributed by atoms with Gasteiger partial charge in [0.15, 0.2) is 0 Å².